The summed E-state index contributed by atoms with van der Waals surface area (Å²) < 4.78 is 15.1. The zero-order valence-electron chi connectivity index (χ0n) is 9.37. The molecular weight excluding hydrogens is 196 g/mol. The van der Waals surface area contributed by atoms with E-state index in [1.807, 2.05) is 0 Å². The summed E-state index contributed by atoms with van der Waals surface area (Å²) in [4.78, 5) is 11.3. The van der Waals surface area contributed by atoms with Crippen LogP contribution in [0.5, 0.6) is 0 Å². The maximum Gasteiger partial charge on any atom is 0.332 e. The Bertz CT molecular complexity index is 175. The van der Waals surface area contributed by atoms with Crippen molar-refractivity contribution >= 4 is 5.97 Å². The first-order valence-corrected chi connectivity index (χ1v) is 5.59. The summed E-state index contributed by atoms with van der Waals surface area (Å²) in [5.74, 6) is -0.252. The van der Waals surface area contributed by atoms with E-state index in [1.54, 1.807) is 7.11 Å². The normalized spacial score (nSPS) is 17.7. The molecule has 0 aromatic carbocycles. The van der Waals surface area contributed by atoms with E-state index in [4.69, 9.17) is 14.2 Å². The van der Waals surface area contributed by atoms with Crippen LogP contribution in [0.2, 0.25) is 0 Å². The van der Waals surface area contributed by atoms with Crippen molar-refractivity contribution in [2.24, 2.45) is 0 Å². The number of ether oxygens (including phenoxy) is 3. The number of methoxy groups -OCH3 is 1. The van der Waals surface area contributed by atoms with Crippen LogP contribution in [0.4, 0.5) is 0 Å². The Morgan fingerprint density at radius 2 is 1.93 bits per heavy atom. The lowest BCUT2D eigenvalue weighted by Gasteiger charge is -2.21. The zero-order chi connectivity index (χ0) is 10.9. The van der Waals surface area contributed by atoms with Crippen LogP contribution >= 0.6 is 0 Å². The standard InChI is InChI=1S/C11H20O4/c1-13-7-8-14-9-11(12)15-10-5-3-2-4-6-10/h10H,2-9H2,1H3. The Morgan fingerprint density at radius 1 is 1.20 bits per heavy atom. The fourth-order valence-corrected chi connectivity index (χ4v) is 1.70. The molecule has 4 nitrogen and oxygen atoms in total. The van der Waals surface area contributed by atoms with E-state index in [0.29, 0.717) is 13.2 Å². The van der Waals surface area contributed by atoms with E-state index in [9.17, 15) is 4.79 Å². The SMILES string of the molecule is COCCOCC(=O)OC1CCCCC1. The lowest BCUT2D eigenvalue weighted by Crippen LogP contribution is -2.24. The average Bonchev–Trinajstić information content (AvgIpc) is 2.26. The number of carbonyl (C=O) groups excluding carboxylic acids is 1. The molecule has 0 aliphatic heterocycles. The first-order chi connectivity index (χ1) is 7.33. The molecule has 4 heteroatoms. The van der Waals surface area contributed by atoms with Crippen LogP contribution in [0.1, 0.15) is 32.1 Å². The number of hydrogen-bond donors (Lipinski definition) is 0. The van der Waals surface area contributed by atoms with Gasteiger partial charge in [0, 0.05) is 7.11 Å². The third-order valence-corrected chi connectivity index (χ3v) is 2.50. The van der Waals surface area contributed by atoms with E-state index < -0.39 is 0 Å². The lowest BCUT2D eigenvalue weighted by atomic mass is 9.98. The van der Waals surface area contributed by atoms with Crippen molar-refractivity contribution in [1.82, 2.24) is 0 Å². The van der Waals surface area contributed by atoms with Crippen molar-refractivity contribution < 1.29 is 19.0 Å². The van der Waals surface area contributed by atoms with Gasteiger partial charge in [0.1, 0.15) is 12.7 Å². The highest BCUT2D eigenvalue weighted by molar-refractivity contribution is 5.70. The average molecular weight is 216 g/mol. The van der Waals surface area contributed by atoms with Gasteiger partial charge in [-0.2, -0.15) is 0 Å². The number of rotatable bonds is 6. The second kappa shape index (κ2) is 7.65. The third-order valence-electron chi connectivity index (χ3n) is 2.50. The fourth-order valence-electron chi connectivity index (χ4n) is 1.70. The van der Waals surface area contributed by atoms with Gasteiger partial charge in [-0.15, -0.1) is 0 Å². The van der Waals surface area contributed by atoms with Gasteiger partial charge in [-0.25, -0.2) is 4.79 Å². The second-order valence-corrected chi connectivity index (χ2v) is 3.80. The van der Waals surface area contributed by atoms with Crippen molar-refractivity contribution in [3.63, 3.8) is 0 Å². The summed E-state index contributed by atoms with van der Waals surface area (Å²) in [6.45, 7) is 0.993. The largest absolute Gasteiger partial charge is 0.461 e. The molecule has 0 aromatic heterocycles. The summed E-state index contributed by atoms with van der Waals surface area (Å²) >= 11 is 0. The van der Waals surface area contributed by atoms with Crippen LogP contribution in [0, 0.1) is 0 Å². The minimum atomic E-state index is -0.252. The van der Waals surface area contributed by atoms with E-state index in [1.165, 1.54) is 19.3 Å². The molecule has 0 saturated heterocycles. The van der Waals surface area contributed by atoms with Gasteiger partial charge in [0.15, 0.2) is 0 Å². The van der Waals surface area contributed by atoms with Gasteiger partial charge in [0.2, 0.25) is 0 Å². The summed E-state index contributed by atoms with van der Waals surface area (Å²) in [6, 6.07) is 0. The Balaban J connectivity index is 2.01. The van der Waals surface area contributed by atoms with Crippen molar-refractivity contribution in [1.29, 1.82) is 0 Å². The molecule has 0 spiro atoms. The third kappa shape index (κ3) is 5.74. The predicted molar refractivity (Wildman–Crippen MR) is 55.7 cm³/mol. The topological polar surface area (TPSA) is 44.8 Å². The first-order valence-electron chi connectivity index (χ1n) is 5.59. The maximum absolute atomic E-state index is 11.3. The van der Waals surface area contributed by atoms with Crippen molar-refractivity contribution in [2.45, 2.75) is 38.2 Å². The Hall–Kier alpha value is -0.610. The summed E-state index contributed by atoms with van der Waals surface area (Å²) in [5, 5.41) is 0. The van der Waals surface area contributed by atoms with E-state index in [-0.39, 0.29) is 18.7 Å². The van der Waals surface area contributed by atoms with E-state index >= 15 is 0 Å². The molecule has 0 heterocycles. The molecule has 0 amide bonds. The van der Waals surface area contributed by atoms with Gasteiger partial charge in [-0.05, 0) is 25.7 Å². The molecular formula is C11H20O4. The van der Waals surface area contributed by atoms with Crippen molar-refractivity contribution in [2.75, 3.05) is 26.9 Å². The molecule has 0 radical (unpaired) electrons. The van der Waals surface area contributed by atoms with Crippen molar-refractivity contribution in [3.05, 3.63) is 0 Å². The smallest absolute Gasteiger partial charge is 0.332 e. The Kier molecular flexibility index (Phi) is 6.36. The minimum Gasteiger partial charge on any atom is -0.461 e. The molecule has 0 bridgehead atoms. The number of carbonyl (C=O) groups is 1. The fraction of sp³-hybridized carbons (Fsp3) is 0.909. The van der Waals surface area contributed by atoms with E-state index in [0.717, 1.165) is 12.8 Å². The molecule has 1 rings (SSSR count). The Labute approximate surface area is 90.9 Å². The summed E-state index contributed by atoms with van der Waals surface area (Å²) in [6.07, 6.45) is 5.73. The van der Waals surface area contributed by atoms with Crippen molar-refractivity contribution in [3.8, 4) is 0 Å². The van der Waals surface area contributed by atoms with Gasteiger partial charge in [-0.3, -0.25) is 0 Å². The zero-order valence-corrected chi connectivity index (χ0v) is 9.37. The van der Waals surface area contributed by atoms with Gasteiger partial charge in [0.25, 0.3) is 0 Å². The lowest BCUT2D eigenvalue weighted by molar-refractivity contribution is -0.156. The van der Waals surface area contributed by atoms with Crippen LogP contribution in [-0.4, -0.2) is 39.0 Å². The molecule has 0 unspecified atom stereocenters. The molecule has 1 fully saturated rings. The molecule has 15 heavy (non-hydrogen) atoms. The van der Waals surface area contributed by atoms with Crippen LogP contribution < -0.4 is 0 Å². The number of hydrogen-bond acceptors (Lipinski definition) is 4. The van der Waals surface area contributed by atoms with Gasteiger partial charge in [-0.1, -0.05) is 6.42 Å². The molecule has 0 aromatic rings. The molecule has 1 aliphatic rings. The van der Waals surface area contributed by atoms with Gasteiger partial charge in [0.05, 0.1) is 13.2 Å². The van der Waals surface area contributed by atoms with Crippen LogP contribution in [0.25, 0.3) is 0 Å². The van der Waals surface area contributed by atoms with E-state index in [2.05, 4.69) is 0 Å². The molecule has 0 N–H and O–H groups in total. The predicted octanol–water partition coefficient (Wildman–Crippen LogP) is 1.53. The molecule has 0 atom stereocenters. The minimum absolute atomic E-state index is 0.0415. The van der Waals surface area contributed by atoms with Crippen LogP contribution in [-0.2, 0) is 19.0 Å². The molecule has 1 aliphatic carbocycles. The second-order valence-electron chi connectivity index (χ2n) is 3.80. The highest BCUT2D eigenvalue weighted by atomic mass is 16.6. The van der Waals surface area contributed by atoms with Crippen LogP contribution in [0.3, 0.4) is 0 Å². The first kappa shape index (κ1) is 12.5. The summed E-state index contributed by atoms with van der Waals surface area (Å²) in [7, 11) is 1.60. The van der Waals surface area contributed by atoms with Gasteiger partial charge >= 0.3 is 5.97 Å². The maximum atomic E-state index is 11.3. The van der Waals surface area contributed by atoms with Crippen LogP contribution in [0.15, 0.2) is 0 Å². The molecule has 88 valence electrons. The Morgan fingerprint density at radius 3 is 2.60 bits per heavy atom. The highest BCUT2D eigenvalue weighted by Gasteiger charge is 2.17. The number of esters is 1. The molecule has 1 saturated carbocycles. The van der Waals surface area contributed by atoms with Gasteiger partial charge < -0.3 is 14.2 Å². The monoisotopic (exact) mass is 216 g/mol. The summed E-state index contributed by atoms with van der Waals surface area (Å²) in [5.41, 5.74) is 0. The highest BCUT2D eigenvalue weighted by Crippen LogP contribution is 2.20. The quantitative estimate of drug-likeness (QED) is 0.499.